The van der Waals surface area contributed by atoms with Crippen LogP contribution in [0.25, 0.3) is 0 Å². The number of aromatic hydroxyl groups is 1. The van der Waals surface area contributed by atoms with E-state index in [2.05, 4.69) is 17.6 Å². The summed E-state index contributed by atoms with van der Waals surface area (Å²) in [6, 6.07) is 7.84. The maximum absolute atomic E-state index is 11.8. The number of nitrogens with one attached hydrogen (secondary N) is 2. The van der Waals surface area contributed by atoms with Crippen LogP contribution in [0.2, 0.25) is 0 Å². The standard InChI is InChI=1S/C16H24N2O2/c1-11(3-4-13-5-9-15(19)10-6-13)17-12(2)16(20)18-14-7-8-14/h5-6,9-12,14,17,19H,3-4,7-8H2,1-2H3,(H,18,20). The van der Waals surface area contributed by atoms with Gasteiger partial charge < -0.3 is 15.7 Å². The summed E-state index contributed by atoms with van der Waals surface area (Å²) < 4.78 is 0. The van der Waals surface area contributed by atoms with Gasteiger partial charge >= 0.3 is 0 Å². The molecule has 110 valence electrons. The van der Waals surface area contributed by atoms with Gasteiger partial charge in [-0.2, -0.15) is 0 Å². The van der Waals surface area contributed by atoms with Crippen LogP contribution in [0, 0.1) is 0 Å². The van der Waals surface area contributed by atoms with Crippen LogP contribution < -0.4 is 10.6 Å². The van der Waals surface area contributed by atoms with Crippen LogP contribution in [0.4, 0.5) is 0 Å². The number of rotatable bonds is 7. The third-order valence-electron chi connectivity index (χ3n) is 3.65. The number of carbonyl (C=O) groups is 1. The van der Waals surface area contributed by atoms with Gasteiger partial charge in [0, 0.05) is 12.1 Å². The molecule has 0 heterocycles. The molecule has 4 heteroatoms. The molecule has 0 aromatic heterocycles. The highest BCUT2D eigenvalue weighted by Crippen LogP contribution is 2.18. The van der Waals surface area contributed by atoms with Gasteiger partial charge in [0.05, 0.1) is 6.04 Å². The zero-order chi connectivity index (χ0) is 14.5. The number of carbonyl (C=O) groups excluding carboxylic acids is 1. The molecule has 20 heavy (non-hydrogen) atoms. The minimum absolute atomic E-state index is 0.101. The van der Waals surface area contributed by atoms with Crippen LogP contribution in [0.5, 0.6) is 5.75 Å². The van der Waals surface area contributed by atoms with E-state index in [1.807, 2.05) is 19.1 Å². The Balaban J connectivity index is 1.69. The highest BCUT2D eigenvalue weighted by Gasteiger charge is 2.25. The molecule has 0 spiro atoms. The largest absolute Gasteiger partial charge is 0.508 e. The average molecular weight is 276 g/mol. The number of aryl methyl sites for hydroxylation is 1. The number of benzene rings is 1. The van der Waals surface area contributed by atoms with Gasteiger partial charge in [-0.1, -0.05) is 12.1 Å². The summed E-state index contributed by atoms with van der Waals surface area (Å²) in [5.41, 5.74) is 1.20. The lowest BCUT2D eigenvalue weighted by Gasteiger charge is -2.19. The number of hydrogen-bond acceptors (Lipinski definition) is 3. The Morgan fingerprint density at radius 3 is 2.55 bits per heavy atom. The number of hydrogen-bond donors (Lipinski definition) is 3. The lowest BCUT2D eigenvalue weighted by molar-refractivity contribution is -0.123. The second-order valence-corrected chi connectivity index (χ2v) is 5.78. The third kappa shape index (κ3) is 4.85. The van der Waals surface area contributed by atoms with Gasteiger partial charge in [-0.15, -0.1) is 0 Å². The quantitative estimate of drug-likeness (QED) is 0.713. The molecule has 0 aliphatic heterocycles. The highest BCUT2D eigenvalue weighted by molar-refractivity contribution is 5.81. The summed E-state index contributed by atoms with van der Waals surface area (Å²) in [7, 11) is 0. The third-order valence-corrected chi connectivity index (χ3v) is 3.65. The summed E-state index contributed by atoms with van der Waals surface area (Å²) in [5, 5.41) is 15.6. The highest BCUT2D eigenvalue weighted by atomic mass is 16.3. The minimum atomic E-state index is -0.148. The van der Waals surface area contributed by atoms with E-state index in [4.69, 9.17) is 0 Å². The molecule has 2 rings (SSSR count). The SMILES string of the molecule is CC(CCc1ccc(O)cc1)NC(C)C(=O)NC1CC1. The van der Waals surface area contributed by atoms with Crippen molar-refractivity contribution < 1.29 is 9.90 Å². The molecule has 0 bridgehead atoms. The normalized spacial score (nSPS) is 17.5. The summed E-state index contributed by atoms with van der Waals surface area (Å²) in [5.74, 6) is 0.397. The predicted octanol–water partition coefficient (Wildman–Crippen LogP) is 1.97. The maximum atomic E-state index is 11.8. The molecule has 1 aromatic carbocycles. The van der Waals surface area contributed by atoms with Crippen molar-refractivity contribution in [3.63, 3.8) is 0 Å². The van der Waals surface area contributed by atoms with E-state index < -0.39 is 0 Å². The summed E-state index contributed by atoms with van der Waals surface area (Å²) in [4.78, 5) is 11.8. The fourth-order valence-electron chi connectivity index (χ4n) is 2.19. The van der Waals surface area contributed by atoms with Crippen LogP contribution in [0.15, 0.2) is 24.3 Å². The molecule has 1 saturated carbocycles. The molecular formula is C16H24N2O2. The van der Waals surface area contributed by atoms with Crippen molar-refractivity contribution in [2.45, 2.75) is 57.7 Å². The van der Waals surface area contributed by atoms with Gasteiger partial charge in [0.15, 0.2) is 0 Å². The predicted molar refractivity (Wildman–Crippen MR) is 79.7 cm³/mol. The molecule has 1 aliphatic rings. The van der Waals surface area contributed by atoms with E-state index in [0.717, 1.165) is 25.7 Å². The summed E-state index contributed by atoms with van der Waals surface area (Å²) in [6.07, 6.45) is 4.14. The Bertz CT molecular complexity index is 440. The topological polar surface area (TPSA) is 61.4 Å². The average Bonchev–Trinajstić information content (AvgIpc) is 3.22. The first-order valence-electron chi connectivity index (χ1n) is 7.39. The van der Waals surface area contributed by atoms with Crippen LogP contribution in [-0.4, -0.2) is 29.1 Å². The van der Waals surface area contributed by atoms with Crippen molar-refractivity contribution in [3.8, 4) is 5.75 Å². The van der Waals surface area contributed by atoms with Crippen LogP contribution >= 0.6 is 0 Å². The lowest BCUT2D eigenvalue weighted by Crippen LogP contribution is -2.46. The van der Waals surface area contributed by atoms with Crippen LogP contribution in [0.1, 0.15) is 38.7 Å². The van der Waals surface area contributed by atoms with Crippen LogP contribution in [0.3, 0.4) is 0 Å². The van der Waals surface area contributed by atoms with Crippen molar-refractivity contribution in [2.24, 2.45) is 0 Å². The van der Waals surface area contributed by atoms with E-state index in [0.29, 0.717) is 11.8 Å². The molecule has 2 atom stereocenters. The molecular weight excluding hydrogens is 252 g/mol. The fraction of sp³-hybridized carbons (Fsp3) is 0.562. The Morgan fingerprint density at radius 1 is 1.30 bits per heavy atom. The van der Waals surface area contributed by atoms with Gasteiger partial charge in [-0.05, 0) is 57.2 Å². The van der Waals surface area contributed by atoms with E-state index in [9.17, 15) is 9.90 Å². The maximum Gasteiger partial charge on any atom is 0.237 e. The number of phenolic OH excluding ortho intramolecular Hbond substituents is 1. The number of amides is 1. The van der Waals surface area contributed by atoms with Crippen molar-refractivity contribution >= 4 is 5.91 Å². The molecule has 1 fully saturated rings. The second-order valence-electron chi connectivity index (χ2n) is 5.78. The molecule has 4 nitrogen and oxygen atoms in total. The fourth-order valence-corrected chi connectivity index (χ4v) is 2.19. The Hall–Kier alpha value is -1.55. The smallest absolute Gasteiger partial charge is 0.237 e. The van der Waals surface area contributed by atoms with E-state index in [1.54, 1.807) is 12.1 Å². The van der Waals surface area contributed by atoms with Crippen LogP contribution in [-0.2, 0) is 11.2 Å². The van der Waals surface area contributed by atoms with Crippen molar-refractivity contribution in [1.82, 2.24) is 10.6 Å². The van der Waals surface area contributed by atoms with E-state index in [1.165, 1.54) is 5.56 Å². The molecule has 2 unspecified atom stereocenters. The molecule has 1 aliphatic carbocycles. The van der Waals surface area contributed by atoms with Gasteiger partial charge in [0.2, 0.25) is 5.91 Å². The Labute approximate surface area is 120 Å². The molecule has 3 N–H and O–H groups in total. The minimum Gasteiger partial charge on any atom is -0.508 e. The van der Waals surface area contributed by atoms with Gasteiger partial charge in [-0.25, -0.2) is 0 Å². The van der Waals surface area contributed by atoms with Crippen molar-refractivity contribution in [2.75, 3.05) is 0 Å². The van der Waals surface area contributed by atoms with Crippen molar-refractivity contribution in [3.05, 3.63) is 29.8 Å². The first kappa shape index (κ1) is 14.9. The molecule has 0 saturated heterocycles. The van der Waals surface area contributed by atoms with E-state index >= 15 is 0 Å². The zero-order valence-corrected chi connectivity index (χ0v) is 12.2. The Kier molecular flexibility index (Phi) is 5.01. The van der Waals surface area contributed by atoms with Gasteiger partial charge in [0.25, 0.3) is 0 Å². The number of phenols is 1. The van der Waals surface area contributed by atoms with E-state index in [-0.39, 0.29) is 18.0 Å². The first-order valence-corrected chi connectivity index (χ1v) is 7.39. The second kappa shape index (κ2) is 6.75. The van der Waals surface area contributed by atoms with Gasteiger partial charge in [-0.3, -0.25) is 4.79 Å². The van der Waals surface area contributed by atoms with Crippen molar-refractivity contribution in [1.29, 1.82) is 0 Å². The zero-order valence-electron chi connectivity index (χ0n) is 12.2. The first-order chi connectivity index (χ1) is 9.54. The van der Waals surface area contributed by atoms with Gasteiger partial charge in [0.1, 0.15) is 5.75 Å². The summed E-state index contributed by atoms with van der Waals surface area (Å²) >= 11 is 0. The molecule has 1 aromatic rings. The molecule has 1 amide bonds. The Morgan fingerprint density at radius 2 is 1.95 bits per heavy atom. The molecule has 0 radical (unpaired) electrons. The monoisotopic (exact) mass is 276 g/mol. The summed E-state index contributed by atoms with van der Waals surface area (Å²) in [6.45, 7) is 4.01. The lowest BCUT2D eigenvalue weighted by atomic mass is 10.1.